The van der Waals surface area contributed by atoms with Gasteiger partial charge in [-0.05, 0) is 24.3 Å². The van der Waals surface area contributed by atoms with Gasteiger partial charge in [0.25, 0.3) is 0 Å². The standard InChI is InChI=1S/C14H11NO4S/c16-14(17)9-4-3-6-11-10(9)8-20(18,19)13-7-2-1-5-12(13)15-11/h1-7,15H,8H2,(H,16,17). The van der Waals surface area contributed by atoms with E-state index in [4.69, 9.17) is 0 Å². The summed E-state index contributed by atoms with van der Waals surface area (Å²) in [5.74, 6) is -1.46. The van der Waals surface area contributed by atoms with Crippen LogP contribution in [0, 0.1) is 0 Å². The molecular formula is C14H11NO4S. The molecule has 0 aliphatic carbocycles. The zero-order valence-electron chi connectivity index (χ0n) is 10.3. The van der Waals surface area contributed by atoms with Crippen LogP contribution in [-0.4, -0.2) is 19.5 Å². The minimum atomic E-state index is -3.57. The number of para-hydroxylation sites is 1. The van der Waals surface area contributed by atoms with Crippen molar-refractivity contribution in [1.29, 1.82) is 0 Å². The average Bonchev–Trinajstić information content (AvgIpc) is 2.51. The maximum atomic E-state index is 12.4. The first kappa shape index (κ1) is 12.7. The van der Waals surface area contributed by atoms with Crippen molar-refractivity contribution in [2.75, 3.05) is 5.32 Å². The summed E-state index contributed by atoms with van der Waals surface area (Å²) in [6.45, 7) is 0. The molecule has 2 N–H and O–H groups in total. The van der Waals surface area contributed by atoms with Crippen LogP contribution in [0.5, 0.6) is 0 Å². The van der Waals surface area contributed by atoms with Crippen molar-refractivity contribution in [2.24, 2.45) is 0 Å². The SMILES string of the molecule is O=C(O)c1cccc2c1CS(=O)(=O)c1ccccc1N2. The topological polar surface area (TPSA) is 83.5 Å². The van der Waals surface area contributed by atoms with Crippen LogP contribution in [0.15, 0.2) is 47.4 Å². The van der Waals surface area contributed by atoms with Gasteiger partial charge in [-0.3, -0.25) is 0 Å². The van der Waals surface area contributed by atoms with Gasteiger partial charge < -0.3 is 10.4 Å². The molecule has 6 heteroatoms. The first-order chi connectivity index (χ1) is 9.49. The van der Waals surface area contributed by atoms with Gasteiger partial charge in [0.15, 0.2) is 9.84 Å². The number of carboxylic acids is 1. The summed E-state index contributed by atoms with van der Waals surface area (Å²) >= 11 is 0. The fraction of sp³-hybridized carbons (Fsp3) is 0.0714. The monoisotopic (exact) mass is 289 g/mol. The first-order valence-electron chi connectivity index (χ1n) is 5.93. The fourth-order valence-electron chi connectivity index (χ4n) is 2.31. The number of rotatable bonds is 1. The van der Waals surface area contributed by atoms with Crippen LogP contribution in [0.3, 0.4) is 0 Å². The van der Waals surface area contributed by atoms with E-state index in [0.717, 1.165) is 0 Å². The van der Waals surface area contributed by atoms with E-state index in [2.05, 4.69) is 5.32 Å². The predicted molar refractivity (Wildman–Crippen MR) is 74.0 cm³/mol. The van der Waals surface area contributed by atoms with Crippen molar-refractivity contribution >= 4 is 27.2 Å². The van der Waals surface area contributed by atoms with E-state index in [1.165, 1.54) is 12.1 Å². The Kier molecular flexibility index (Phi) is 2.76. The Hall–Kier alpha value is -2.34. The highest BCUT2D eigenvalue weighted by molar-refractivity contribution is 7.90. The Morgan fingerprint density at radius 2 is 1.75 bits per heavy atom. The second-order valence-corrected chi connectivity index (χ2v) is 6.48. The van der Waals surface area contributed by atoms with Gasteiger partial charge >= 0.3 is 5.97 Å². The smallest absolute Gasteiger partial charge is 0.336 e. The van der Waals surface area contributed by atoms with E-state index < -0.39 is 15.8 Å². The van der Waals surface area contributed by atoms with E-state index >= 15 is 0 Å². The third-order valence-corrected chi connectivity index (χ3v) is 4.93. The Balaban J connectivity index is 2.29. The Bertz CT molecular complexity index is 812. The van der Waals surface area contributed by atoms with Crippen LogP contribution >= 0.6 is 0 Å². The summed E-state index contributed by atoms with van der Waals surface area (Å²) in [6.07, 6.45) is 0. The lowest BCUT2D eigenvalue weighted by molar-refractivity contribution is 0.0696. The van der Waals surface area contributed by atoms with Gasteiger partial charge in [-0.15, -0.1) is 0 Å². The Labute approximate surface area is 115 Å². The number of sulfone groups is 1. The number of hydrogen-bond acceptors (Lipinski definition) is 4. The van der Waals surface area contributed by atoms with Crippen LogP contribution in [0.2, 0.25) is 0 Å². The molecule has 102 valence electrons. The zero-order chi connectivity index (χ0) is 14.3. The van der Waals surface area contributed by atoms with Gasteiger partial charge in [0.05, 0.1) is 21.9 Å². The van der Waals surface area contributed by atoms with Crippen molar-refractivity contribution in [1.82, 2.24) is 0 Å². The van der Waals surface area contributed by atoms with Crippen LogP contribution in [0.1, 0.15) is 15.9 Å². The molecule has 0 saturated carbocycles. The quantitative estimate of drug-likeness (QED) is 0.842. The maximum absolute atomic E-state index is 12.4. The molecule has 0 saturated heterocycles. The molecule has 2 aromatic carbocycles. The molecule has 5 nitrogen and oxygen atoms in total. The molecule has 1 aliphatic rings. The number of benzene rings is 2. The molecule has 0 atom stereocenters. The summed E-state index contributed by atoms with van der Waals surface area (Å²) in [5.41, 5.74) is 1.27. The van der Waals surface area contributed by atoms with Crippen LogP contribution in [0.25, 0.3) is 0 Å². The van der Waals surface area contributed by atoms with Crippen molar-refractivity contribution in [3.05, 3.63) is 53.6 Å². The van der Waals surface area contributed by atoms with Crippen molar-refractivity contribution in [3.63, 3.8) is 0 Å². The van der Waals surface area contributed by atoms with E-state index in [1.807, 2.05) is 0 Å². The van der Waals surface area contributed by atoms with Crippen molar-refractivity contribution < 1.29 is 18.3 Å². The highest BCUT2D eigenvalue weighted by atomic mass is 32.2. The van der Waals surface area contributed by atoms with Gasteiger partial charge in [0.1, 0.15) is 0 Å². The molecule has 0 fully saturated rings. The summed E-state index contributed by atoms with van der Waals surface area (Å²) in [6, 6.07) is 11.2. The summed E-state index contributed by atoms with van der Waals surface area (Å²) in [5, 5.41) is 12.2. The predicted octanol–water partition coefficient (Wildman–Crippen LogP) is 2.42. The Morgan fingerprint density at radius 3 is 2.50 bits per heavy atom. The number of hydrogen-bond donors (Lipinski definition) is 2. The lowest BCUT2D eigenvalue weighted by atomic mass is 10.1. The molecule has 2 aromatic rings. The minimum Gasteiger partial charge on any atom is -0.478 e. The van der Waals surface area contributed by atoms with E-state index in [0.29, 0.717) is 11.4 Å². The summed E-state index contributed by atoms with van der Waals surface area (Å²) in [4.78, 5) is 11.4. The number of fused-ring (bicyclic) bond motifs is 2. The largest absolute Gasteiger partial charge is 0.478 e. The minimum absolute atomic E-state index is 0.00591. The van der Waals surface area contributed by atoms with E-state index in [1.54, 1.807) is 30.3 Å². The Morgan fingerprint density at radius 1 is 1.05 bits per heavy atom. The van der Waals surface area contributed by atoms with Crippen LogP contribution in [-0.2, 0) is 15.6 Å². The number of aromatic carboxylic acids is 1. The average molecular weight is 289 g/mol. The number of carbonyl (C=O) groups is 1. The molecule has 0 aromatic heterocycles. The normalized spacial score (nSPS) is 15.4. The molecule has 3 rings (SSSR count). The molecule has 0 amide bonds. The molecule has 0 unspecified atom stereocenters. The van der Waals surface area contributed by atoms with Gasteiger partial charge in [0.2, 0.25) is 0 Å². The van der Waals surface area contributed by atoms with Crippen LogP contribution < -0.4 is 5.32 Å². The first-order valence-corrected chi connectivity index (χ1v) is 7.58. The van der Waals surface area contributed by atoms with Gasteiger partial charge in [-0.1, -0.05) is 18.2 Å². The summed E-state index contributed by atoms with van der Waals surface area (Å²) in [7, 11) is -3.57. The summed E-state index contributed by atoms with van der Waals surface area (Å²) < 4.78 is 24.8. The van der Waals surface area contributed by atoms with Crippen molar-refractivity contribution in [3.8, 4) is 0 Å². The maximum Gasteiger partial charge on any atom is 0.336 e. The lowest BCUT2D eigenvalue weighted by Gasteiger charge is -2.10. The second-order valence-electron chi connectivity index (χ2n) is 4.52. The molecular weight excluding hydrogens is 278 g/mol. The van der Waals surface area contributed by atoms with Gasteiger partial charge in [-0.2, -0.15) is 0 Å². The van der Waals surface area contributed by atoms with Gasteiger partial charge in [-0.25, -0.2) is 13.2 Å². The van der Waals surface area contributed by atoms with Crippen LogP contribution in [0.4, 0.5) is 11.4 Å². The molecule has 20 heavy (non-hydrogen) atoms. The third-order valence-electron chi connectivity index (χ3n) is 3.23. The second kappa shape index (κ2) is 4.35. The molecule has 1 aliphatic heterocycles. The zero-order valence-corrected chi connectivity index (χ0v) is 11.1. The molecule has 0 spiro atoms. The third kappa shape index (κ3) is 1.94. The van der Waals surface area contributed by atoms with Gasteiger partial charge in [0, 0.05) is 11.3 Å². The number of nitrogens with one attached hydrogen (secondary N) is 1. The van der Waals surface area contributed by atoms with Crippen molar-refractivity contribution in [2.45, 2.75) is 10.6 Å². The lowest BCUT2D eigenvalue weighted by Crippen LogP contribution is -2.08. The molecule has 0 radical (unpaired) electrons. The molecule has 0 bridgehead atoms. The fourth-order valence-corrected chi connectivity index (χ4v) is 3.90. The number of carboxylic acid groups (broad SMARTS) is 1. The van der Waals surface area contributed by atoms with E-state index in [-0.39, 0.29) is 21.8 Å². The highest BCUT2D eigenvalue weighted by Gasteiger charge is 2.27. The molecule has 1 heterocycles. The van der Waals surface area contributed by atoms with E-state index in [9.17, 15) is 18.3 Å². The highest BCUT2D eigenvalue weighted by Crippen LogP contribution is 2.35. The number of anilines is 2.